The molecule has 0 saturated carbocycles. The van der Waals surface area contributed by atoms with Gasteiger partial charge in [0.25, 0.3) is 0 Å². The summed E-state index contributed by atoms with van der Waals surface area (Å²) in [5.41, 5.74) is 0.824. The lowest BCUT2D eigenvalue weighted by molar-refractivity contribution is 0.271. The van der Waals surface area contributed by atoms with Crippen LogP contribution in [0.2, 0.25) is 0 Å². The van der Waals surface area contributed by atoms with E-state index < -0.39 is 10.0 Å². The Morgan fingerprint density at radius 2 is 2.10 bits per heavy atom. The molecule has 1 aromatic rings. The summed E-state index contributed by atoms with van der Waals surface area (Å²) in [6.45, 7) is 3.14. The van der Waals surface area contributed by atoms with Crippen molar-refractivity contribution in [1.82, 2.24) is 14.6 Å². The van der Waals surface area contributed by atoms with Crippen LogP contribution in [0.15, 0.2) is 18.3 Å². The first-order valence-electron chi connectivity index (χ1n) is 7.22. The van der Waals surface area contributed by atoms with Crippen LogP contribution in [0.5, 0.6) is 0 Å². The van der Waals surface area contributed by atoms with Gasteiger partial charge in [-0.15, -0.1) is 0 Å². The quantitative estimate of drug-likeness (QED) is 0.898. The largest absolute Gasteiger partial charge is 0.306 e. The molecule has 1 aliphatic heterocycles. The summed E-state index contributed by atoms with van der Waals surface area (Å²) < 4.78 is 37.4. The van der Waals surface area contributed by atoms with E-state index in [4.69, 9.17) is 0 Å². The molecule has 1 fully saturated rings. The second kappa shape index (κ2) is 6.81. The highest BCUT2D eigenvalue weighted by Gasteiger charge is 2.26. The van der Waals surface area contributed by atoms with Gasteiger partial charge in [0.05, 0.1) is 18.1 Å². The molecule has 0 amide bonds. The van der Waals surface area contributed by atoms with Crippen LogP contribution in [0.1, 0.15) is 37.9 Å². The summed E-state index contributed by atoms with van der Waals surface area (Å²) in [7, 11) is -3.09. The van der Waals surface area contributed by atoms with E-state index >= 15 is 0 Å². The minimum Gasteiger partial charge on any atom is -0.306 e. The van der Waals surface area contributed by atoms with Crippen LogP contribution in [0.4, 0.5) is 4.39 Å². The Hall–Kier alpha value is -1.05. The number of aromatic nitrogens is 1. The number of pyridine rings is 1. The average Bonchev–Trinajstić information content (AvgIpc) is 2.45. The maximum atomic E-state index is 12.9. The van der Waals surface area contributed by atoms with Gasteiger partial charge in [0.2, 0.25) is 10.0 Å². The highest BCUT2D eigenvalue weighted by Crippen LogP contribution is 2.20. The van der Waals surface area contributed by atoms with Gasteiger partial charge in [-0.3, -0.25) is 4.98 Å². The fraction of sp³-hybridized carbons (Fsp3) is 0.643. The smallest absolute Gasteiger partial charge is 0.211 e. The molecule has 21 heavy (non-hydrogen) atoms. The monoisotopic (exact) mass is 315 g/mol. The van der Waals surface area contributed by atoms with Gasteiger partial charge in [0, 0.05) is 25.2 Å². The molecule has 1 aromatic heterocycles. The fourth-order valence-corrected chi connectivity index (χ4v) is 3.52. The highest BCUT2D eigenvalue weighted by molar-refractivity contribution is 7.88. The van der Waals surface area contributed by atoms with E-state index in [2.05, 4.69) is 10.3 Å². The number of piperidine rings is 1. The van der Waals surface area contributed by atoms with Crippen LogP contribution in [-0.4, -0.2) is 43.1 Å². The van der Waals surface area contributed by atoms with Gasteiger partial charge in [-0.1, -0.05) is 6.92 Å². The third-order valence-electron chi connectivity index (χ3n) is 3.88. The third-order valence-corrected chi connectivity index (χ3v) is 5.18. The molecule has 1 aliphatic rings. The minimum absolute atomic E-state index is 0.0698. The van der Waals surface area contributed by atoms with Gasteiger partial charge >= 0.3 is 0 Å². The van der Waals surface area contributed by atoms with Crippen molar-refractivity contribution in [2.24, 2.45) is 0 Å². The van der Waals surface area contributed by atoms with E-state index in [0.29, 0.717) is 13.1 Å². The number of halogens is 1. The van der Waals surface area contributed by atoms with Gasteiger partial charge < -0.3 is 5.32 Å². The molecule has 0 bridgehead atoms. The Bertz CT molecular complexity index is 554. The van der Waals surface area contributed by atoms with Gasteiger partial charge in [-0.05, 0) is 31.4 Å². The Balaban J connectivity index is 1.93. The number of nitrogens with one attached hydrogen (secondary N) is 1. The predicted molar refractivity (Wildman–Crippen MR) is 79.8 cm³/mol. The Morgan fingerprint density at radius 3 is 2.57 bits per heavy atom. The maximum Gasteiger partial charge on any atom is 0.211 e. The molecule has 118 valence electrons. The number of hydrogen-bond acceptors (Lipinski definition) is 4. The molecule has 0 aliphatic carbocycles. The lowest BCUT2D eigenvalue weighted by Crippen LogP contribution is -2.45. The van der Waals surface area contributed by atoms with Crippen molar-refractivity contribution in [3.8, 4) is 0 Å². The third kappa shape index (κ3) is 4.46. The first kappa shape index (κ1) is 16.3. The fourth-order valence-electron chi connectivity index (χ4n) is 2.64. The summed E-state index contributed by atoms with van der Waals surface area (Å²) >= 11 is 0. The van der Waals surface area contributed by atoms with Crippen LogP contribution in [0.25, 0.3) is 0 Å². The topological polar surface area (TPSA) is 62.3 Å². The SMILES string of the molecule is CCC(NC1CCN(S(C)(=O)=O)CC1)c1ccc(F)cn1. The Labute approximate surface area is 125 Å². The molecule has 1 unspecified atom stereocenters. The molecule has 1 N–H and O–H groups in total. The second-order valence-corrected chi connectivity index (χ2v) is 7.45. The van der Waals surface area contributed by atoms with E-state index in [1.165, 1.54) is 22.8 Å². The average molecular weight is 315 g/mol. The first-order chi connectivity index (χ1) is 9.90. The van der Waals surface area contributed by atoms with Crippen molar-refractivity contribution < 1.29 is 12.8 Å². The van der Waals surface area contributed by atoms with Crippen LogP contribution in [0.3, 0.4) is 0 Å². The molecule has 0 aromatic carbocycles. The second-order valence-electron chi connectivity index (χ2n) is 5.47. The van der Waals surface area contributed by atoms with E-state index in [0.717, 1.165) is 25.0 Å². The summed E-state index contributed by atoms with van der Waals surface area (Å²) in [5.74, 6) is -0.338. The Kier molecular flexibility index (Phi) is 5.29. The lowest BCUT2D eigenvalue weighted by Gasteiger charge is -2.33. The number of nitrogens with zero attached hydrogens (tertiary/aromatic N) is 2. The van der Waals surface area contributed by atoms with Crippen molar-refractivity contribution in [2.45, 2.75) is 38.3 Å². The van der Waals surface area contributed by atoms with Crippen molar-refractivity contribution in [1.29, 1.82) is 0 Å². The van der Waals surface area contributed by atoms with Crippen LogP contribution >= 0.6 is 0 Å². The molecule has 1 saturated heterocycles. The van der Waals surface area contributed by atoms with Gasteiger partial charge in [-0.25, -0.2) is 17.1 Å². The maximum absolute atomic E-state index is 12.9. The van der Waals surface area contributed by atoms with Crippen molar-refractivity contribution in [3.05, 3.63) is 29.8 Å². The zero-order valence-electron chi connectivity index (χ0n) is 12.4. The standard InChI is InChI=1S/C14H22FN3O2S/c1-3-13(14-5-4-11(15)10-16-14)17-12-6-8-18(9-7-12)21(2,19)20/h4-5,10,12-13,17H,3,6-9H2,1-2H3. The predicted octanol–water partition coefficient (Wildman–Crippen LogP) is 1.69. The van der Waals surface area contributed by atoms with Crippen LogP contribution in [0, 0.1) is 5.82 Å². The summed E-state index contributed by atoms with van der Waals surface area (Å²) in [6.07, 6.45) is 4.89. The first-order valence-corrected chi connectivity index (χ1v) is 9.07. The van der Waals surface area contributed by atoms with Crippen LogP contribution in [-0.2, 0) is 10.0 Å². The molecule has 1 atom stereocenters. The zero-order chi connectivity index (χ0) is 15.5. The van der Waals surface area contributed by atoms with Crippen molar-refractivity contribution >= 4 is 10.0 Å². The molecule has 0 radical (unpaired) electrons. The van der Waals surface area contributed by atoms with E-state index in [9.17, 15) is 12.8 Å². The van der Waals surface area contributed by atoms with Crippen LogP contribution < -0.4 is 5.32 Å². The zero-order valence-corrected chi connectivity index (χ0v) is 13.2. The van der Waals surface area contributed by atoms with Gasteiger partial charge in [0.1, 0.15) is 5.82 Å². The van der Waals surface area contributed by atoms with E-state index in [1.54, 1.807) is 6.07 Å². The number of hydrogen-bond donors (Lipinski definition) is 1. The normalized spacial score (nSPS) is 19.6. The highest BCUT2D eigenvalue weighted by atomic mass is 32.2. The van der Waals surface area contributed by atoms with E-state index in [1.807, 2.05) is 6.92 Å². The molecular weight excluding hydrogens is 293 g/mol. The molecule has 7 heteroatoms. The van der Waals surface area contributed by atoms with E-state index in [-0.39, 0.29) is 17.9 Å². The summed E-state index contributed by atoms with van der Waals surface area (Å²) in [4.78, 5) is 4.13. The molecule has 2 heterocycles. The van der Waals surface area contributed by atoms with Gasteiger partial charge in [-0.2, -0.15) is 0 Å². The summed E-state index contributed by atoms with van der Waals surface area (Å²) in [6, 6.07) is 3.45. The molecule has 5 nitrogen and oxygen atoms in total. The Morgan fingerprint density at radius 1 is 1.43 bits per heavy atom. The molecule has 2 rings (SSSR count). The molecule has 0 spiro atoms. The number of rotatable bonds is 5. The van der Waals surface area contributed by atoms with Crippen molar-refractivity contribution in [2.75, 3.05) is 19.3 Å². The van der Waals surface area contributed by atoms with Gasteiger partial charge in [0.15, 0.2) is 0 Å². The minimum atomic E-state index is -3.09. The lowest BCUT2D eigenvalue weighted by atomic mass is 10.0. The molecular formula is C14H22FN3O2S. The summed E-state index contributed by atoms with van der Waals surface area (Å²) in [5, 5.41) is 3.51. The number of sulfonamides is 1. The van der Waals surface area contributed by atoms with Crippen molar-refractivity contribution in [3.63, 3.8) is 0 Å².